The summed E-state index contributed by atoms with van der Waals surface area (Å²) in [7, 11) is 0. The Morgan fingerprint density at radius 2 is 1.89 bits per heavy atom. The number of benzene rings is 1. The maximum Gasteiger partial charge on any atom is 0.223 e. The lowest BCUT2D eigenvalue weighted by atomic mass is 9.86. The molecule has 1 N–H and O–H groups in total. The van der Waals surface area contributed by atoms with E-state index in [0.717, 1.165) is 24.9 Å². The summed E-state index contributed by atoms with van der Waals surface area (Å²) in [6.45, 7) is -2.39. The second-order valence-corrected chi connectivity index (χ2v) is 11.7. The van der Waals surface area contributed by atoms with Crippen molar-refractivity contribution in [2.45, 2.75) is 114 Å². The molecule has 2 aliphatic heterocycles. The van der Waals surface area contributed by atoms with Crippen LogP contribution in [0.25, 0.3) is 0 Å². The molecule has 202 valence electrons. The summed E-state index contributed by atoms with van der Waals surface area (Å²) < 4.78 is 64.3. The van der Waals surface area contributed by atoms with E-state index >= 15 is 0 Å². The van der Waals surface area contributed by atoms with Crippen molar-refractivity contribution in [3.63, 3.8) is 0 Å². The summed E-state index contributed by atoms with van der Waals surface area (Å²) in [6, 6.07) is 10.00. The van der Waals surface area contributed by atoms with Gasteiger partial charge in [-0.1, -0.05) is 55.7 Å². The highest BCUT2D eigenvalue weighted by molar-refractivity contribution is 6.22. The third-order valence-electron chi connectivity index (χ3n) is 8.61. The number of amides is 1. The minimum Gasteiger partial charge on any atom is -0.349 e. The molecule has 0 radical (unpaired) electrons. The summed E-state index contributed by atoms with van der Waals surface area (Å²) in [5.41, 5.74) is 1.02. The standard InChI is InChI=1S/C29H41ClFN5O/c1-19(2)27-34-33-20(3)36(27)25-17-23-9-10-24(18-25)35(23)16-13-26(21-7-5-4-6-8-21)32-28(37)22-11-14-29(30,31)15-12-22/h4-8,19,22-26H,9-18H2,1-3H3,(H,32,37)/t22?,23?,24?,25?,26-,29?/m0/s1/i1D2,2D3,19D/t19?,22?,23?,24?,25?,26-,29?. The fourth-order valence-electron chi connectivity index (χ4n) is 6.69. The first kappa shape index (κ1) is 20.0. The van der Waals surface area contributed by atoms with Gasteiger partial charge in [-0.15, -0.1) is 10.2 Å². The summed E-state index contributed by atoms with van der Waals surface area (Å²) in [5.74, 6) is -2.48. The molecule has 1 saturated carbocycles. The number of aryl methyl sites for hydroxylation is 1. The van der Waals surface area contributed by atoms with E-state index in [0.29, 0.717) is 37.9 Å². The lowest BCUT2D eigenvalue weighted by Crippen LogP contribution is -2.45. The molecule has 3 heterocycles. The van der Waals surface area contributed by atoms with Crippen LogP contribution in [-0.2, 0) is 4.79 Å². The molecule has 1 aliphatic carbocycles. The molecule has 3 unspecified atom stereocenters. The molecule has 2 saturated heterocycles. The van der Waals surface area contributed by atoms with Gasteiger partial charge >= 0.3 is 0 Å². The monoisotopic (exact) mass is 535 g/mol. The van der Waals surface area contributed by atoms with E-state index in [2.05, 4.69) is 20.4 Å². The third-order valence-corrected chi connectivity index (χ3v) is 8.99. The molecule has 1 aromatic carbocycles. The highest BCUT2D eigenvalue weighted by Gasteiger charge is 2.42. The molecule has 2 aromatic rings. The zero-order valence-electron chi connectivity index (χ0n) is 27.4. The Bertz CT molecular complexity index is 1260. The molecule has 2 bridgehead atoms. The molecule has 3 fully saturated rings. The van der Waals surface area contributed by atoms with Gasteiger partial charge in [-0.3, -0.25) is 9.69 Å². The van der Waals surface area contributed by atoms with Gasteiger partial charge in [-0.25, -0.2) is 4.39 Å². The van der Waals surface area contributed by atoms with Gasteiger partial charge in [0.15, 0.2) is 5.13 Å². The van der Waals surface area contributed by atoms with E-state index < -0.39 is 24.7 Å². The Morgan fingerprint density at radius 3 is 2.54 bits per heavy atom. The number of nitrogens with zero attached hydrogens (tertiary/aromatic N) is 4. The normalized spacial score (nSPS) is 35.4. The van der Waals surface area contributed by atoms with Crippen molar-refractivity contribution in [3.8, 4) is 0 Å². The summed E-state index contributed by atoms with van der Waals surface area (Å²) in [4.78, 5) is 15.7. The van der Waals surface area contributed by atoms with Crippen molar-refractivity contribution in [1.29, 1.82) is 0 Å². The average molecular weight is 536 g/mol. The number of carbonyl (C=O) groups excluding carboxylic acids is 1. The van der Waals surface area contributed by atoms with Gasteiger partial charge in [-0.05, 0) is 70.3 Å². The maximum absolute atomic E-state index is 14.1. The van der Waals surface area contributed by atoms with Crippen molar-refractivity contribution in [1.82, 2.24) is 25.0 Å². The fourth-order valence-corrected chi connectivity index (χ4v) is 6.91. The predicted molar refractivity (Wildman–Crippen MR) is 144 cm³/mol. The first-order valence-electron chi connectivity index (χ1n) is 16.6. The van der Waals surface area contributed by atoms with Crippen LogP contribution in [0.15, 0.2) is 30.3 Å². The first-order valence-corrected chi connectivity index (χ1v) is 13.8. The van der Waals surface area contributed by atoms with Crippen molar-refractivity contribution >= 4 is 17.5 Å². The molecule has 3 aliphatic rings. The highest BCUT2D eigenvalue weighted by Crippen LogP contribution is 2.43. The molecule has 4 atom stereocenters. The minimum absolute atomic E-state index is 0.0615. The fraction of sp³-hybridized carbons (Fsp3) is 0.690. The highest BCUT2D eigenvalue weighted by atomic mass is 35.5. The number of fused-ring (bicyclic) bond motifs is 2. The topological polar surface area (TPSA) is 63.1 Å². The van der Waals surface area contributed by atoms with Gasteiger partial charge in [0.1, 0.15) is 11.6 Å². The molecule has 6 nitrogen and oxygen atoms in total. The van der Waals surface area contributed by atoms with Crippen LogP contribution in [0.2, 0.25) is 0 Å². The van der Waals surface area contributed by atoms with Crippen LogP contribution in [0.1, 0.15) is 115 Å². The molecule has 1 aromatic heterocycles. The van der Waals surface area contributed by atoms with Gasteiger partial charge in [0, 0.05) is 44.7 Å². The van der Waals surface area contributed by atoms with Gasteiger partial charge in [0.2, 0.25) is 5.91 Å². The number of carbonyl (C=O) groups is 1. The summed E-state index contributed by atoms with van der Waals surface area (Å²) in [5, 5.41) is 9.69. The van der Waals surface area contributed by atoms with Crippen LogP contribution >= 0.6 is 11.6 Å². The van der Waals surface area contributed by atoms with E-state index in [9.17, 15) is 9.18 Å². The number of nitrogens with one attached hydrogen (secondary N) is 1. The second-order valence-electron chi connectivity index (χ2n) is 11.0. The number of alkyl halides is 2. The van der Waals surface area contributed by atoms with Crippen LogP contribution in [-0.4, -0.2) is 49.3 Å². The van der Waals surface area contributed by atoms with E-state index in [-0.39, 0.29) is 54.7 Å². The van der Waals surface area contributed by atoms with Crippen LogP contribution in [0.4, 0.5) is 4.39 Å². The van der Waals surface area contributed by atoms with Crippen LogP contribution in [0.3, 0.4) is 0 Å². The Kier molecular flexibility index (Phi) is 5.95. The van der Waals surface area contributed by atoms with Crippen molar-refractivity contribution < 1.29 is 17.4 Å². The van der Waals surface area contributed by atoms with Crippen molar-refractivity contribution in [3.05, 3.63) is 47.5 Å². The quantitative estimate of drug-likeness (QED) is 0.407. The Morgan fingerprint density at radius 1 is 1.19 bits per heavy atom. The maximum atomic E-state index is 14.1. The van der Waals surface area contributed by atoms with E-state index in [1.165, 1.54) is 0 Å². The third kappa shape index (κ3) is 5.88. The zero-order valence-corrected chi connectivity index (χ0v) is 22.1. The number of aromatic nitrogens is 3. The SMILES string of the molecule is [2H]C([2H])C([2H])(c1nnc(C)n1C1CC2CCC(C1)N2CC[C@H](NC(=O)C1CCC(F)(Cl)CC1)c1ccccc1)C([2H])([2H])[2H]. The average Bonchev–Trinajstić information content (AvgIpc) is 3.44. The van der Waals surface area contributed by atoms with Crippen LogP contribution < -0.4 is 5.32 Å². The first-order chi connectivity index (χ1) is 20.2. The Balaban J connectivity index is 1.29. The van der Waals surface area contributed by atoms with Gasteiger partial charge in [0.05, 0.1) is 6.04 Å². The zero-order chi connectivity index (χ0) is 31.2. The number of piperidine rings is 1. The largest absolute Gasteiger partial charge is 0.349 e. The minimum atomic E-state index is -2.91. The van der Waals surface area contributed by atoms with E-state index in [4.69, 9.17) is 19.8 Å². The Hall–Kier alpha value is -1.99. The molecule has 0 spiro atoms. The van der Waals surface area contributed by atoms with E-state index in [1.807, 2.05) is 30.3 Å². The van der Waals surface area contributed by atoms with Crippen molar-refractivity contribution in [2.75, 3.05) is 6.54 Å². The van der Waals surface area contributed by atoms with Gasteiger partial charge in [-0.2, -0.15) is 0 Å². The molecule has 8 heteroatoms. The lowest BCUT2D eigenvalue weighted by molar-refractivity contribution is -0.127. The Labute approximate surface area is 233 Å². The molecule has 5 rings (SSSR count). The van der Waals surface area contributed by atoms with Crippen LogP contribution in [0, 0.1) is 12.8 Å². The number of halogens is 2. The molecular formula is C29H41ClFN5O. The van der Waals surface area contributed by atoms with Gasteiger partial charge in [0.25, 0.3) is 0 Å². The molecular weight excluding hydrogens is 489 g/mol. The van der Waals surface area contributed by atoms with E-state index in [1.54, 1.807) is 11.5 Å². The smallest absolute Gasteiger partial charge is 0.223 e. The number of rotatable bonds is 8. The summed E-state index contributed by atoms with van der Waals surface area (Å²) >= 11 is 5.87. The molecule has 37 heavy (non-hydrogen) atoms. The van der Waals surface area contributed by atoms with Gasteiger partial charge < -0.3 is 9.88 Å². The number of hydrogen-bond acceptors (Lipinski definition) is 4. The van der Waals surface area contributed by atoms with Crippen LogP contribution in [0.5, 0.6) is 0 Å². The second kappa shape index (κ2) is 11.0. The number of hydrogen-bond donors (Lipinski definition) is 1. The van der Waals surface area contributed by atoms with Crippen molar-refractivity contribution in [2.24, 2.45) is 5.92 Å². The lowest BCUT2D eigenvalue weighted by Gasteiger charge is -2.40. The summed E-state index contributed by atoms with van der Waals surface area (Å²) in [6.07, 6.45) is 5.30. The predicted octanol–water partition coefficient (Wildman–Crippen LogP) is 6.22. The molecule has 1 amide bonds.